The molecule has 2 unspecified atom stereocenters. The lowest BCUT2D eigenvalue weighted by atomic mass is 9.82. The molecule has 0 amide bonds. The van der Waals surface area contributed by atoms with E-state index in [-0.39, 0.29) is 0 Å². The number of rotatable bonds is 4. The molecule has 2 aliphatic rings. The van der Waals surface area contributed by atoms with Crippen molar-refractivity contribution in [2.45, 2.75) is 77.8 Å². The van der Waals surface area contributed by atoms with Crippen molar-refractivity contribution in [3.63, 3.8) is 0 Å². The summed E-state index contributed by atoms with van der Waals surface area (Å²) in [6, 6.07) is 0.743. The molecular weight excluding hydrogens is 246 g/mol. The number of nitrogens with zero attached hydrogens (tertiary/aromatic N) is 2. The Labute approximate surface area is 122 Å². The molecule has 3 rings (SSSR count). The smallest absolute Gasteiger partial charge is 0.131 e. The lowest BCUT2D eigenvalue weighted by molar-refractivity contribution is 0.334. The van der Waals surface area contributed by atoms with Crippen molar-refractivity contribution in [3.8, 4) is 0 Å². The fraction of sp³-hybridized carbons (Fsp3) is 0.765. The van der Waals surface area contributed by atoms with Gasteiger partial charge in [0.25, 0.3) is 0 Å². The van der Waals surface area contributed by atoms with E-state index in [1.165, 1.54) is 55.5 Å². The van der Waals surface area contributed by atoms with Crippen LogP contribution in [0, 0.1) is 19.8 Å². The summed E-state index contributed by atoms with van der Waals surface area (Å²) >= 11 is 0. The predicted octanol–water partition coefficient (Wildman–Crippen LogP) is 3.64. The van der Waals surface area contributed by atoms with Crippen LogP contribution >= 0.6 is 0 Å². The lowest BCUT2D eigenvalue weighted by Crippen LogP contribution is -2.20. The van der Waals surface area contributed by atoms with Gasteiger partial charge in [0.2, 0.25) is 0 Å². The van der Waals surface area contributed by atoms with Crippen molar-refractivity contribution in [1.29, 1.82) is 0 Å². The molecule has 0 spiro atoms. The van der Waals surface area contributed by atoms with Gasteiger partial charge in [-0.25, -0.2) is 9.97 Å². The summed E-state index contributed by atoms with van der Waals surface area (Å²) in [7, 11) is 0. The molecule has 3 nitrogen and oxygen atoms in total. The van der Waals surface area contributed by atoms with Crippen LogP contribution in [0.4, 0.5) is 0 Å². The molecule has 1 N–H and O–H groups in total. The van der Waals surface area contributed by atoms with Gasteiger partial charge in [-0.05, 0) is 45.4 Å². The molecule has 0 aliphatic heterocycles. The molecule has 1 aromatic heterocycles. The molecule has 20 heavy (non-hydrogen) atoms. The maximum atomic E-state index is 4.84. The Hall–Kier alpha value is -0.960. The zero-order valence-corrected chi connectivity index (χ0v) is 13.1. The third-order valence-electron chi connectivity index (χ3n) is 4.88. The molecule has 0 bridgehead atoms. The lowest BCUT2D eigenvalue weighted by Gasteiger charge is -2.26. The van der Waals surface area contributed by atoms with Crippen LogP contribution < -0.4 is 5.32 Å². The van der Waals surface area contributed by atoms with Crippen molar-refractivity contribution in [1.82, 2.24) is 15.3 Å². The molecule has 2 aliphatic carbocycles. The maximum Gasteiger partial charge on any atom is 0.131 e. The van der Waals surface area contributed by atoms with E-state index in [9.17, 15) is 0 Å². The summed E-state index contributed by atoms with van der Waals surface area (Å²) < 4.78 is 0. The van der Waals surface area contributed by atoms with Crippen LogP contribution in [0.2, 0.25) is 0 Å². The first kappa shape index (κ1) is 14.0. The van der Waals surface area contributed by atoms with Crippen molar-refractivity contribution < 1.29 is 0 Å². The van der Waals surface area contributed by atoms with Crippen LogP contribution in [0.5, 0.6) is 0 Å². The SMILES string of the molecule is Cc1nc(C2CCCC(C)C2)nc(C)c1CNC1CC1. The summed E-state index contributed by atoms with van der Waals surface area (Å²) in [4.78, 5) is 9.68. The highest BCUT2D eigenvalue weighted by Gasteiger charge is 2.24. The van der Waals surface area contributed by atoms with Crippen molar-refractivity contribution in [2.75, 3.05) is 0 Å². The topological polar surface area (TPSA) is 37.8 Å². The number of hydrogen-bond acceptors (Lipinski definition) is 3. The third-order valence-corrected chi connectivity index (χ3v) is 4.88. The van der Waals surface area contributed by atoms with Gasteiger partial charge < -0.3 is 5.32 Å². The average Bonchev–Trinajstić information content (AvgIpc) is 3.21. The van der Waals surface area contributed by atoms with Gasteiger partial charge in [-0.2, -0.15) is 0 Å². The van der Waals surface area contributed by atoms with E-state index < -0.39 is 0 Å². The quantitative estimate of drug-likeness (QED) is 0.910. The normalized spacial score (nSPS) is 26.8. The minimum atomic E-state index is 0.585. The van der Waals surface area contributed by atoms with Crippen LogP contribution in [-0.2, 0) is 6.54 Å². The summed E-state index contributed by atoms with van der Waals surface area (Å²) in [5.41, 5.74) is 3.67. The Bertz CT molecular complexity index is 456. The molecule has 1 aromatic rings. The summed E-state index contributed by atoms with van der Waals surface area (Å²) in [5, 5.41) is 3.58. The first-order valence-corrected chi connectivity index (χ1v) is 8.21. The summed E-state index contributed by atoms with van der Waals surface area (Å²) in [6.07, 6.45) is 7.89. The largest absolute Gasteiger partial charge is 0.310 e. The summed E-state index contributed by atoms with van der Waals surface area (Å²) in [5.74, 6) is 2.51. The fourth-order valence-electron chi connectivity index (χ4n) is 3.41. The molecule has 2 saturated carbocycles. The van der Waals surface area contributed by atoms with Crippen LogP contribution in [0.15, 0.2) is 0 Å². The van der Waals surface area contributed by atoms with E-state index in [2.05, 4.69) is 26.1 Å². The van der Waals surface area contributed by atoms with E-state index in [1.54, 1.807) is 0 Å². The van der Waals surface area contributed by atoms with Gasteiger partial charge in [0.1, 0.15) is 5.82 Å². The highest BCUT2D eigenvalue weighted by atomic mass is 15.0. The van der Waals surface area contributed by atoms with Gasteiger partial charge in [0.05, 0.1) is 0 Å². The summed E-state index contributed by atoms with van der Waals surface area (Å²) in [6.45, 7) is 7.59. The molecule has 1 heterocycles. The van der Waals surface area contributed by atoms with E-state index in [0.29, 0.717) is 5.92 Å². The Morgan fingerprint density at radius 1 is 1.05 bits per heavy atom. The second-order valence-corrected chi connectivity index (χ2v) is 6.86. The van der Waals surface area contributed by atoms with E-state index in [1.807, 2.05) is 0 Å². The second kappa shape index (κ2) is 5.80. The zero-order valence-electron chi connectivity index (χ0n) is 13.1. The molecule has 0 saturated heterocycles. The minimum Gasteiger partial charge on any atom is -0.310 e. The van der Waals surface area contributed by atoms with Gasteiger partial charge in [0, 0.05) is 35.5 Å². The van der Waals surface area contributed by atoms with Gasteiger partial charge in [-0.15, -0.1) is 0 Å². The predicted molar refractivity (Wildman–Crippen MR) is 81.7 cm³/mol. The molecule has 0 aromatic carbocycles. The minimum absolute atomic E-state index is 0.585. The van der Waals surface area contributed by atoms with Crippen LogP contribution in [-0.4, -0.2) is 16.0 Å². The van der Waals surface area contributed by atoms with Crippen molar-refractivity contribution in [3.05, 3.63) is 22.8 Å². The monoisotopic (exact) mass is 273 g/mol. The fourth-order valence-corrected chi connectivity index (χ4v) is 3.41. The van der Waals surface area contributed by atoms with Crippen LogP contribution in [0.25, 0.3) is 0 Å². The van der Waals surface area contributed by atoms with Crippen molar-refractivity contribution in [2.24, 2.45) is 5.92 Å². The standard InChI is InChI=1S/C17H27N3/c1-11-5-4-6-14(9-11)17-19-12(2)16(13(3)20-17)10-18-15-7-8-15/h11,14-15,18H,4-10H2,1-3H3. The van der Waals surface area contributed by atoms with E-state index in [4.69, 9.17) is 9.97 Å². The second-order valence-electron chi connectivity index (χ2n) is 6.86. The number of hydrogen-bond donors (Lipinski definition) is 1. The molecule has 3 heteroatoms. The molecule has 0 radical (unpaired) electrons. The zero-order chi connectivity index (χ0) is 14.1. The molecule has 110 valence electrons. The van der Waals surface area contributed by atoms with Crippen molar-refractivity contribution >= 4 is 0 Å². The number of aryl methyl sites for hydroxylation is 2. The van der Waals surface area contributed by atoms with E-state index >= 15 is 0 Å². The van der Waals surface area contributed by atoms with E-state index in [0.717, 1.165) is 24.3 Å². The third kappa shape index (κ3) is 3.20. The maximum absolute atomic E-state index is 4.84. The van der Waals surface area contributed by atoms with Crippen LogP contribution in [0.3, 0.4) is 0 Å². The Morgan fingerprint density at radius 2 is 1.75 bits per heavy atom. The number of aromatic nitrogens is 2. The Balaban J connectivity index is 1.75. The van der Waals surface area contributed by atoms with Gasteiger partial charge in [-0.1, -0.05) is 19.8 Å². The Kier molecular flexibility index (Phi) is 4.06. The Morgan fingerprint density at radius 3 is 2.35 bits per heavy atom. The molecular formula is C17H27N3. The molecule has 2 atom stereocenters. The average molecular weight is 273 g/mol. The van der Waals surface area contributed by atoms with Gasteiger partial charge >= 0.3 is 0 Å². The van der Waals surface area contributed by atoms with Crippen LogP contribution in [0.1, 0.15) is 74.1 Å². The van der Waals surface area contributed by atoms with Gasteiger partial charge in [0.15, 0.2) is 0 Å². The number of nitrogens with one attached hydrogen (secondary N) is 1. The first-order valence-electron chi connectivity index (χ1n) is 8.21. The first-order chi connectivity index (χ1) is 9.63. The molecule has 2 fully saturated rings. The van der Waals surface area contributed by atoms with Gasteiger partial charge in [-0.3, -0.25) is 0 Å². The highest BCUT2D eigenvalue weighted by Crippen LogP contribution is 2.34. The highest BCUT2D eigenvalue weighted by molar-refractivity contribution is 5.25.